The van der Waals surface area contributed by atoms with E-state index in [1.807, 2.05) is 60.7 Å². The van der Waals surface area contributed by atoms with Crippen LogP contribution in [0.5, 0.6) is 0 Å². The molecule has 0 aliphatic heterocycles. The molecule has 0 fully saturated rings. The van der Waals surface area contributed by atoms with Gasteiger partial charge < -0.3 is 0 Å². The van der Waals surface area contributed by atoms with E-state index in [0.29, 0.717) is 5.02 Å². The number of benzene rings is 2. The van der Waals surface area contributed by atoms with Gasteiger partial charge in [-0.1, -0.05) is 66.2 Å². The highest BCUT2D eigenvalue weighted by Crippen LogP contribution is 2.19. The fourth-order valence-electron chi connectivity index (χ4n) is 1.75. The number of carbonyl (C=O) groups is 1. The van der Waals surface area contributed by atoms with Crippen LogP contribution in [0.25, 0.3) is 12.2 Å². The monoisotopic (exact) mass is 256 g/mol. The van der Waals surface area contributed by atoms with Crippen LogP contribution in [0, 0.1) is 0 Å². The largest absolute Gasteiger partial charge is 0.294 e. The van der Waals surface area contributed by atoms with Gasteiger partial charge >= 0.3 is 0 Å². The summed E-state index contributed by atoms with van der Waals surface area (Å²) in [6, 6.07) is 15.1. The zero-order valence-electron chi connectivity index (χ0n) is 10.1. The van der Waals surface area contributed by atoms with Gasteiger partial charge in [0.1, 0.15) is 0 Å². The lowest BCUT2D eigenvalue weighted by atomic mass is 10.0. The summed E-state index contributed by atoms with van der Waals surface area (Å²) in [6.07, 6.45) is 3.84. The molecule has 2 aromatic rings. The molecule has 0 aliphatic carbocycles. The standard InChI is InChI=1S/C16H13ClO/c1-12(18)15-8-4-2-6-13(15)10-11-14-7-3-5-9-16(14)17/h2-11H,1H3/b11-10+. The van der Waals surface area contributed by atoms with Crippen molar-refractivity contribution in [1.29, 1.82) is 0 Å². The maximum Gasteiger partial charge on any atom is 0.160 e. The number of rotatable bonds is 3. The molecule has 0 amide bonds. The summed E-state index contributed by atoms with van der Waals surface area (Å²) in [5.74, 6) is 0.0643. The second-order valence-electron chi connectivity index (χ2n) is 4.00. The highest BCUT2D eigenvalue weighted by atomic mass is 35.5. The molecule has 0 spiro atoms. The van der Waals surface area contributed by atoms with Crippen molar-refractivity contribution in [3.05, 3.63) is 70.2 Å². The van der Waals surface area contributed by atoms with Crippen LogP contribution in [0.2, 0.25) is 5.02 Å². The molecule has 0 bridgehead atoms. The molecule has 0 saturated heterocycles. The minimum atomic E-state index is 0.0643. The minimum Gasteiger partial charge on any atom is -0.294 e. The van der Waals surface area contributed by atoms with Crippen LogP contribution in [0.15, 0.2) is 48.5 Å². The molecule has 0 N–H and O–H groups in total. The molecular weight excluding hydrogens is 244 g/mol. The Labute approximate surface area is 112 Å². The lowest BCUT2D eigenvalue weighted by Crippen LogP contribution is -1.94. The molecule has 0 heterocycles. The van der Waals surface area contributed by atoms with E-state index in [1.54, 1.807) is 6.92 Å². The van der Waals surface area contributed by atoms with Gasteiger partial charge in [0.15, 0.2) is 5.78 Å². The second kappa shape index (κ2) is 5.65. The maximum absolute atomic E-state index is 11.5. The first-order valence-corrected chi connectivity index (χ1v) is 6.09. The first-order valence-electron chi connectivity index (χ1n) is 5.71. The predicted molar refractivity (Wildman–Crippen MR) is 76.8 cm³/mol. The van der Waals surface area contributed by atoms with Crippen molar-refractivity contribution < 1.29 is 4.79 Å². The molecule has 2 aromatic carbocycles. The summed E-state index contributed by atoms with van der Waals surface area (Å²) in [4.78, 5) is 11.5. The summed E-state index contributed by atoms with van der Waals surface area (Å²) < 4.78 is 0. The van der Waals surface area contributed by atoms with Gasteiger partial charge in [-0.15, -0.1) is 0 Å². The molecule has 0 aliphatic rings. The Morgan fingerprint density at radius 2 is 1.50 bits per heavy atom. The van der Waals surface area contributed by atoms with E-state index in [4.69, 9.17) is 11.6 Å². The number of hydrogen-bond donors (Lipinski definition) is 0. The summed E-state index contributed by atoms with van der Waals surface area (Å²) in [5, 5.41) is 0.703. The van der Waals surface area contributed by atoms with Crippen LogP contribution >= 0.6 is 11.6 Å². The van der Waals surface area contributed by atoms with E-state index in [2.05, 4.69) is 0 Å². The van der Waals surface area contributed by atoms with Crippen molar-refractivity contribution in [3.63, 3.8) is 0 Å². The van der Waals surface area contributed by atoms with Crippen LogP contribution in [0.4, 0.5) is 0 Å². The molecule has 0 atom stereocenters. The first kappa shape index (κ1) is 12.6. The Morgan fingerprint density at radius 3 is 2.17 bits per heavy atom. The van der Waals surface area contributed by atoms with Gasteiger partial charge in [-0.2, -0.15) is 0 Å². The molecule has 0 unspecified atom stereocenters. The molecule has 18 heavy (non-hydrogen) atoms. The highest BCUT2D eigenvalue weighted by Gasteiger charge is 2.03. The Morgan fingerprint density at radius 1 is 0.944 bits per heavy atom. The molecule has 2 heteroatoms. The Hall–Kier alpha value is -1.86. The Balaban J connectivity index is 2.35. The second-order valence-corrected chi connectivity index (χ2v) is 4.41. The zero-order chi connectivity index (χ0) is 13.0. The predicted octanol–water partition coefficient (Wildman–Crippen LogP) is 4.71. The van der Waals surface area contributed by atoms with Gasteiger partial charge in [-0.05, 0) is 24.1 Å². The SMILES string of the molecule is CC(=O)c1ccccc1/C=C/c1ccccc1Cl. The summed E-state index contributed by atoms with van der Waals surface area (Å²) in [7, 11) is 0. The van der Waals surface area contributed by atoms with Crippen LogP contribution in [0.1, 0.15) is 28.4 Å². The quantitative estimate of drug-likeness (QED) is 0.574. The van der Waals surface area contributed by atoms with E-state index in [-0.39, 0.29) is 5.78 Å². The molecule has 0 radical (unpaired) electrons. The lowest BCUT2D eigenvalue weighted by molar-refractivity contribution is 0.101. The molecule has 90 valence electrons. The van der Waals surface area contributed by atoms with Crippen molar-refractivity contribution in [1.82, 2.24) is 0 Å². The lowest BCUT2D eigenvalue weighted by Gasteiger charge is -2.02. The highest BCUT2D eigenvalue weighted by molar-refractivity contribution is 6.32. The maximum atomic E-state index is 11.5. The van der Waals surface area contributed by atoms with Crippen LogP contribution < -0.4 is 0 Å². The van der Waals surface area contributed by atoms with Crippen molar-refractivity contribution in [3.8, 4) is 0 Å². The summed E-state index contributed by atoms with van der Waals surface area (Å²) in [6.45, 7) is 1.57. The third kappa shape index (κ3) is 2.88. The van der Waals surface area contributed by atoms with E-state index >= 15 is 0 Å². The van der Waals surface area contributed by atoms with Gasteiger partial charge in [-0.25, -0.2) is 0 Å². The van der Waals surface area contributed by atoms with Crippen LogP contribution in [-0.2, 0) is 0 Å². The Bertz CT molecular complexity index is 600. The van der Waals surface area contributed by atoms with Gasteiger partial charge in [0.25, 0.3) is 0 Å². The van der Waals surface area contributed by atoms with E-state index in [9.17, 15) is 4.79 Å². The fourth-order valence-corrected chi connectivity index (χ4v) is 1.95. The number of halogens is 1. The minimum absolute atomic E-state index is 0.0643. The Kier molecular flexibility index (Phi) is 3.96. The topological polar surface area (TPSA) is 17.1 Å². The number of hydrogen-bond acceptors (Lipinski definition) is 1. The van der Waals surface area contributed by atoms with Crippen molar-refractivity contribution in [2.24, 2.45) is 0 Å². The van der Waals surface area contributed by atoms with Crippen LogP contribution in [0.3, 0.4) is 0 Å². The molecule has 0 aromatic heterocycles. The average Bonchev–Trinajstić information content (AvgIpc) is 2.38. The molecule has 0 saturated carbocycles. The number of ketones is 1. The van der Waals surface area contributed by atoms with Gasteiger partial charge in [0.05, 0.1) is 0 Å². The number of carbonyl (C=O) groups excluding carboxylic acids is 1. The number of Topliss-reactive ketones (excluding diaryl/α,β-unsaturated/α-hetero) is 1. The van der Waals surface area contributed by atoms with Crippen molar-refractivity contribution in [2.45, 2.75) is 6.92 Å². The summed E-state index contributed by atoms with van der Waals surface area (Å²) in [5.41, 5.74) is 2.57. The van der Waals surface area contributed by atoms with Gasteiger partial charge in [0, 0.05) is 10.6 Å². The molecule has 2 rings (SSSR count). The van der Waals surface area contributed by atoms with Gasteiger partial charge in [0.2, 0.25) is 0 Å². The smallest absolute Gasteiger partial charge is 0.160 e. The van der Waals surface area contributed by atoms with Crippen molar-refractivity contribution in [2.75, 3.05) is 0 Å². The third-order valence-electron chi connectivity index (χ3n) is 2.69. The first-order chi connectivity index (χ1) is 8.68. The van der Waals surface area contributed by atoms with E-state index in [0.717, 1.165) is 16.7 Å². The van der Waals surface area contributed by atoms with E-state index < -0.39 is 0 Å². The van der Waals surface area contributed by atoms with E-state index in [1.165, 1.54) is 0 Å². The average molecular weight is 257 g/mol. The van der Waals surface area contributed by atoms with Crippen LogP contribution in [-0.4, -0.2) is 5.78 Å². The zero-order valence-corrected chi connectivity index (χ0v) is 10.8. The third-order valence-corrected chi connectivity index (χ3v) is 3.03. The van der Waals surface area contributed by atoms with Crippen molar-refractivity contribution >= 4 is 29.5 Å². The van der Waals surface area contributed by atoms with Gasteiger partial charge in [-0.3, -0.25) is 4.79 Å². The normalized spacial score (nSPS) is 10.8. The molecule has 1 nitrogen and oxygen atoms in total. The fraction of sp³-hybridized carbons (Fsp3) is 0.0625. The molecular formula is C16H13ClO. The summed E-state index contributed by atoms with van der Waals surface area (Å²) >= 11 is 6.07.